The minimum atomic E-state index is -1.31. The zero-order valence-corrected chi connectivity index (χ0v) is 24.8. The van der Waals surface area contributed by atoms with E-state index in [0.29, 0.717) is 19.3 Å². The fraction of sp³-hybridized carbons (Fsp3) is 0.469. The Morgan fingerprint density at radius 1 is 1.14 bits per heavy atom. The van der Waals surface area contributed by atoms with E-state index in [-0.39, 0.29) is 29.7 Å². The van der Waals surface area contributed by atoms with E-state index in [1.165, 1.54) is 13.8 Å². The van der Waals surface area contributed by atoms with Gasteiger partial charge < -0.3 is 40.8 Å². The average molecular weight is 594 g/mol. The van der Waals surface area contributed by atoms with E-state index in [1.807, 2.05) is 43.3 Å². The molecule has 11 nitrogen and oxygen atoms in total. The maximum atomic E-state index is 13.2. The molecule has 7 atom stereocenters. The molecule has 2 aromatic rings. The highest BCUT2D eigenvalue weighted by molar-refractivity contribution is 5.88. The van der Waals surface area contributed by atoms with Gasteiger partial charge in [0.05, 0.1) is 17.1 Å². The van der Waals surface area contributed by atoms with Crippen LogP contribution in [0.2, 0.25) is 0 Å². The van der Waals surface area contributed by atoms with Crippen LogP contribution in [0, 0.1) is 0 Å². The molecule has 2 aliphatic carbocycles. The third-order valence-electron chi connectivity index (χ3n) is 9.10. The summed E-state index contributed by atoms with van der Waals surface area (Å²) in [5.74, 6) is -1.81. The molecule has 3 aliphatic rings. The maximum Gasteiger partial charge on any atom is 0.352 e. The summed E-state index contributed by atoms with van der Waals surface area (Å²) in [7, 11) is 1.79. The minimum Gasteiger partial charge on any atom is -0.504 e. The molecule has 230 valence electrons. The normalized spacial score (nSPS) is 27.1. The van der Waals surface area contributed by atoms with Gasteiger partial charge in [0.2, 0.25) is 5.91 Å². The molecule has 11 heteroatoms. The van der Waals surface area contributed by atoms with Crippen LogP contribution in [0.3, 0.4) is 0 Å². The number of aromatic hydroxyl groups is 1. The van der Waals surface area contributed by atoms with E-state index < -0.39 is 53.2 Å². The Hall–Kier alpha value is -3.93. The molecular weight excluding hydrogens is 554 g/mol. The number of ether oxygens (including phenoxy) is 3. The fourth-order valence-electron chi connectivity index (χ4n) is 6.84. The standard InChI is InChI=1S/C32H39N3O8/c1-5-31-25-20-11-12-22(36)26(25)43-27(31)23(13-14-32(31,40)24(16-20)34-4)42-30(39)18(3)41-29(38)17(2)35-28(37)21(33)15-19-9-7-6-8-10-19/h6-13,17-18,21,24,27,34,36,40H,5,14-16,33H2,1-4H3,(H,35,37)/t17-,18-,21-,24+,27-,31-,32+/m0/s1. The Balaban J connectivity index is 1.26. The number of rotatable bonds is 10. The van der Waals surface area contributed by atoms with Crippen molar-refractivity contribution in [2.24, 2.45) is 5.73 Å². The van der Waals surface area contributed by atoms with Gasteiger partial charge in [-0.15, -0.1) is 0 Å². The third kappa shape index (κ3) is 5.05. The average Bonchev–Trinajstić information content (AvgIpc) is 3.37. The first-order chi connectivity index (χ1) is 20.5. The highest BCUT2D eigenvalue weighted by Gasteiger charge is 2.69. The first-order valence-corrected chi connectivity index (χ1v) is 14.6. The number of esters is 2. The van der Waals surface area contributed by atoms with E-state index in [1.54, 1.807) is 19.2 Å². The predicted molar refractivity (Wildman–Crippen MR) is 156 cm³/mol. The molecule has 5 rings (SSSR count). The van der Waals surface area contributed by atoms with Crippen molar-refractivity contribution in [2.45, 2.75) is 87.8 Å². The number of nitrogens with two attached hydrogens (primary N) is 1. The lowest BCUT2D eigenvalue weighted by Crippen LogP contribution is -2.70. The number of amides is 1. The number of carbonyl (C=O) groups excluding carboxylic acids is 3. The smallest absolute Gasteiger partial charge is 0.352 e. The second-order valence-electron chi connectivity index (χ2n) is 11.6. The van der Waals surface area contributed by atoms with Gasteiger partial charge in [-0.3, -0.25) is 4.79 Å². The highest BCUT2D eigenvalue weighted by atomic mass is 16.6. The van der Waals surface area contributed by atoms with Crippen LogP contribution in [0.5, 0.6) is 11.5 Å². The Labute approximate surface area is 250 Å². The summed E-state index contributed by atoms with van der Waals surface area (Å²) >= 11 is 0. The quantitative estimate of drug-likeness (QED) is 0.255. The number of benzene rings is 2. The van der Waals surface area contributed by atoms with Crippen molar-refractivity contribution < 1.29 is 38.8 Å². The highest BCUT2D eigenvalue weighted by Crippen LogP contribution is 2.63. The summed E-state index contributed by atoms with van der Waals surface area (Å²) in [6, 6.07) is 10.4. The summed E-state index contributed by atoms with van der Waals surface area (Å²) in [4.78, 5) is 38.5. The topological polar surface area (TPSA) is 169 Å². The van der Waals surface area contributed by atoms with Crippen molar-refractivity contribution in [1.29, 1.82) is 0 Å². The molecule has 1 heterocycles. The second-order valence-corrected chi connectivity index (χ2v) is 11.6. The van der Waals surface area contributed by atoms with E-state index in [4.69, 9.17) is 19.9 Å². The summed E-state index contributed by atoms with van der Waals surface area (Å²) < 4.78 is 17.3. The number of phenols is 1. The Bertz CT molecular complexity index is 1450. The summed E-state index contributed by atoms with van der Waals surface area (Å²) in [6.07, 6.45) is 0.860. The Morgan fingerprint density at radius 2 is 1.86 bits per heavy atom. The van der Waals surface area contributed by atoms with Crippen LogP contribution in [-0.2, 0) is 42.1 Å². The minimum absolute atomic E-state index is 0.0567. The Kier molecular flexibility index (Phi) is 8.26. The van der Waals surface area contributed by atoms with Crippen molar-refractivity contribution in [3.8, 4) is 11.5 Å². The van der Waals surface area contributed by atoms with Crippen molar-refractivity contribution in [3.63, 3.8) is 0 Å². The largest absolute Gasteiger partial charge is 0.504 e. The van der Waals surface area contributed by atoms with Gasteiger partial charge in [-0.1, -0.05) is 43.3 Å². The molecule has 6 N–H and O–H groups in total. The molecule has 0 unspecified atom stereocenters. The lowest BCUT2D eigenvalue weighted by atomic mass is 9.52. The van der Waals surface area contributed by atoms with Crippen molar-refractivity contribution >= 4 is 17.8 Å². The van der Waals surface area contributed by atoms with Gasteiger partial charge >= 0.3 is 11.9 Å². The molecular formula is C32H39N3O8. The monoisotopic (exact) mass is 593 g/mol. The summed E-state index contributed by atoms with van der Waals surface area (Å²) in [6.45, 7) is 4.74. The predicted octanol–water partition coefficient (Wildman–Crippen LogP) is 1.51. The van der Waals surface area contributed by atoms with Crippen LogP contribution in [0.15, 0.2) is 54.3 Å². The van der Waals surface area contributed by atoms with Gasteiger partial charge in [-0.2, -0.15) is 0 Å². The SMILES string of the molecule is CC[C@]12c3c4ccc(O)c3O[C@H]1C(OC(=O)[C@H](C)OC(=O)[C@H](C)NC(=O)[C@@H](N)Cc1ccccc1)=CC[C@@]2(O)[C@H](NC)C4. The van der Waals surface area contributed by atoms with Crippen LogP contribution in [0.1, 0.15) is 50.3 Å². The number of hydrogen-bond donors (Lipinski definition) is 5. The molecule has 2 aromatic carbocycles. The van der Waals surface area contributed by atoms with Gasteiger partial charge in [0.15, 0.2) is 23.7 Å². The number of phenolic OH excluding ortho intramolecular Hbond substituents is 1. The van der Waals surface area contributed by atoms with Gasteiger partial charge in [-0.25, -0.2) is 9.59 Å². The van der Waals surface area contributed by atoms with E-state index in [2.05, 4.69) is 10.6 Å². The van der Waals surface area contributed by atoms with Crippen molar-refractivity contribution in [2.75, 3.05) is 7.05 Å². The maximum absolute atomic E-state index is 13.2. The van der Waals surface area contributed by atoms with Gasteiger partial charge in [0, 0.05) is 18.0 Å². The fourth-order valence-corrected chi connectivity index (χ4v) is 6.84. The lowest BCUT2D eigenvalue weighted by Gasteiger charge is -2.56. The van der Waals surface area contributed by atoms with Gasteiger partial charge in [-0.05, 0) is 63.4 Å². The van der Waals surface area contributed by atoms with Crippen LogP contribution in [0.4, 0.5) is 0 Å². The molecule has 0 bridgehead atoms. The number of hydrogen-bond acceptors (Lipinski definition) is 10. The van der Waals surface area contributed by atoms with Gasteiger partial charge in [0.25, 0.3) is 0 Å². The molecule has 1 amide bonds. The van der Waals surface area contributed by atoms with Crippen molar-refractivity contribution in [1.82, 2.24) is 10.6 Å². The molecule has 0 saturated carbocycles. The molecule has 1 aliphatic heterocycles. The molecule has 43 heavy (non-hydrogen) atoms. The van der Waals surface area contributed by atoms with Crippen LogP contribution in [0.25, 0.3) is 0 Å². The van der Waals surface area contributed by atoms with Crippen LogP contribution < -0.4 is 21.1 Å². The number of aliphatic hydroxyl groups is 1. The van der Waals surface area contributed by atoms with E-state index in [0.717, 1.165) is 16.7 Å². The number of nitrogens with one attached hydrogen (secondary N) is 2. The van der Waals surface area contributed by atoms with E-state index in [9.17, 15) is 24.6 Å². The molecule has 0 spiro atoms. The first-order valence-electron chi connectivity index (χ1n) is 14.6. The lowest BCUT2D eigenvalue weighted by molar-refractivity contribution is -0.168. The zero-order chi connectivity index (χ0) is 31.1. The van der Waals surface area contributed by atoms with E-state index >= 15 is 0 Å². The molecule has 0 saturated heterocycles. The molecule has 0 aromatic heterocycles. The summed E-state index contributed by atoms with van der Waals surface area (Å²) in [5, 5.41) is 28.6. The number of likely N-dealkylation sites (N-methyl/N-ethyl adjacent to an activating group) is 1. The van der Waals surface area contributed by atoms with Crippen LogP contribution in [-0.4, -0.2) is 71.0 Å². The first kappa shape index (κ1) is 30.5. The third-order valence-corrected chi connectivity index (χ3v) is 9.10. The summed E-state index contributed by atoms with van der Waals surface area (Å²) in [5.41, 5.74) is 6.28. The Morgan fingerprint density at radius 3 is 2.53 bits per heavy atom. The second kappa shape index (κ2) is 11.6. The zero-order valence-electron chi connectivity index (χ0n) is 24.8. The molecule has 0 fully saturated rings. The molecule has 0 radical (unpaired) electrons. The van der Waals surface area contributed by atoms with Crippen LogP contribution >= 0.6 is 0 Å². The van der Waals surface area contributed by atoms with Crippen molar-refractivity contribution in [3.05, 3.63) is 71.0 Å². The van der Waals surface area contributed by atoms with Gasteiger partial charge in [0.1, 0.15) is 11.8 Å². The number of carbonyl (C=O) groups is 3.